The first-order valence-corrected chi connectivity index (χ1v) is 8.99. The SMILES string of the molecule is CCO[SiH](CCCCCc1cccc(F)c1)OCC. The van der Waals surface area contributed by atoms with E-state index in [0.717, 1.165) is 50.5 Å². The van der Waals surface area contributed by atoms with E-state index >= 15 is 0 Å². The van der Waals surface area contributed by atoms with Gasteiger partial charge in [0.05, 0.1) is 0 Å². The predicted molar refractivity (Wildman–Crippen MR) is 79.2 cm³/mol. The smallest absolute Gasteiger partial charge is 0.321 e. The zero-order valence-corrected chi connectivity index (χ0v) is 13.2. The van der Waals surface area contributed by atoms with Crippen LogP contribution in [0, 0.1) is 5.82 Å². The molecular weight excluding hydrogens is 259 g/mol. The highest BCUT2D eigenvalue weighted by molar-refractivity contribution is 6.44. The van der Waals surface area contributed by atoms with Crippen molar-refractivity contribution in [3.05, 3.63) is 35.6 Å². The Hall–Kier alpha value is -0.713. The first-order chi connectivity index (χ1) is 9.26. The molecule has 1 aromatic carbocycles. The van der Waals surface area contributed by atoms with Crippen molar-refractivity contribution in [1.82, 2.24) is 0 Å². The van der Waals surface area contributed by atoms with Crippen LogP contribution < -0.4 is 0 Å². The molecule has 0 saturated heterocycles. The summed E-state index contributed by atoms with van der Waals surface area (Å²) in [6.45, 7) is 5.53. The van der Waals surface area contributed by atoms with Crippen molar-refractivity contribution in [3.63, 3.8) is 0 Å². The maximum atomic E-state index is 13.0. The second kappa shape index (κ2) is 10.1. The molecule has 1 rings (SSSR count). The molecule has 0 unspecified atom stereocenters. The van der Waals surface area contributed by atoms with Gasteiger partial charge in [-0.05, 0) is 50.4 Å². The van der Waals surface area contributed by atoms with Crippen molar-refractivity contribution < 1.29 is 13.2 Å². The van der Waals surface area contributed by atoms with Gasteiger partial charge in [0.15, 0.2) is 0 Å². The van der Waals surface area contributed by atoms with E-state index in [1.54, 1.807) is 12.1 Å². The van der Waals surface area contributed by atoms with Crippen LogP contribution in [-0.2, 0) is 15.3 Å². The fraction of sp³-hybridized carbons (Fsp3) is 0.600. The van der Waals surface area contributed by atoms with E-state index in [-0.39, 0.29) is 5.82 Å². The fourth-order valence-corrected chi connectivity index (χ4v) is 3.89. The Morgan fingerprint density at radius 1 is 1.05 bits per heavy atom. The largest absolute Gasteiger partial charge is 0.397 e. The average molecular weight is 284 g/mol. The Bertz CT molecular complexity index is 341. The third-order valence-corrected chi connectivity index (χ3v) is 5.29. The third kappa shape index (κ3) is 7.45. The highest BCUT2D eigenvalue weighted by atomic mass is 28.3. The van der Waals surface area contributed by atoms with Gasteiger partial charge in [0, 0.05) is 13.2 Å². The lowest BCUT2D eigenvalue weighted by molar-refractivity contribution is 0.212. The third-order valence-electron chi connectivity index (χ3n) is 3.00. The van der Waals surface area contributed by atoms with Gasteiger partial charge in [-0.15, -0.1) is 0 Å². The number of unbranched alkanes of at least 4 members (excludes halogenated alkanes) is 2. The number of rotatable bonds is 10. The molecule has 0 aliphatic rings. The highest BCUT2D eigenvalue weighted by Gasteiger charge is 2.10. The number of halogens is 1. The van der Waals surface area contributed by atoms with E-state index in [9.17, 15) is 4.39 Å². The number of hydrogen-bond acceptors (Lipinski definition) is 2. The summed E-state index contributed by atoms with van der Waals surface area (Å²) in [7, 11) is -1.42. The van der Waals surface area contributed by atoms with E-state index in [1.165, 1.54) is 6.07 Å². The van der Waals surface area contributed by atoms with Crippen LogP contribution >= 0.6 is 0 Å². The van der Waals surface area contributed by atoms with Crippen LogP contribution in [0.2, 0.25) is 6.04 Å². The Morgan fingerprint density at radius 2 is 1.79 bits per heavy atom. The van der Waals surface area contributed by atoms with Crippen LogP contribution in [0.4, 0.5) is 4.39 Å². The molecule has 0 bridgehead atoms. The number of aryl methyl sites for hydroxylation is 1. The van der Waals surface area contributed by atoms with Crippen molar-refractivity contribution in [2.45, 2.75) is 45.6 Å². The first kappa shape index (κ1) is 16.3. The number of benzene rings is 1. The van der Waals surface area contributed by atoms with Gasteiger partial charge in [0.2, 0.25) is 0 Å². The molecule has 0 aliphatic carbocycles. The maximum absolute atomic E-state index is 13.0. The topological polar surface area (TPSA) is 18.5 Å². The molecule has 0 fully saturated rings. The minimum atomic E-state index is -1.42. The van der Waals surface area contributed by atoms with E-state index in [1.807, 2.05) is 19.9 Å². The van der Waals surface area contributed by atoms with Gasteiger partial charge in [-0.1, -0.05) is 25.0 Å². The zero-order valence-electron chi connectivity index (χ0n) is 12.0. The summed E-state index contributed by atoms with van der Waals surface area (Å²) in [5, 5.41) is 0. The molecule has 0 aliphatic heterocycles. The summed E-state index contributed by atoms with van der Waals surface area (Å²) in [5.74, 6) is -0.141. The van der Waals surface area contributed by atoms with Crippen LogP contribution in [0.25, 0.3) is 0 Å². The van der Waals surface area contributed by atoms with E-state index < -0.39 is 9.28 Å². The monoisotopic (exact) mass is 284 g/mol. The summed E-state index contributed by atoms with van der Waals surface area (Å²) in [5.41, 5.74) is 1.09. The fourth-order valence-electron chi connectivity index (χ4n) is 2.10. The van der Waals surface area contributed by atoms with Gasteiger partial charge in [0.25, 0.3) is 0 Å². The van der Waals surface area contributed by atoms with E-state index in [2.05, 4.69) is 0 Å². The molecule has 0 amide bonds. The van der Waals surface area contributed by atoms with E-state index in [0.29, 0.717) is 0 Å². The first-order valence-electron chi connectivity index (χ1n) is 7.24. The van der Waals surface area contributed by atoms with Gasteiger partial charge in [0.1, 0.15) is 5.82 Å². The van der Waals surface area contributed by atoms with Gasteiger partial charge in [-0.25, -0.2) is 4.39 Å². The summed E-state index contributed by atoms with van der Waals surface area (Å²) in [6.07, 6.45) is 4.35. The lowest BCUT2D eigenvalue weighted by atomic mass is 10.1. The van der Waals surface area contributed by atoms with Crippen LogP contribution in [0.3, 0.4) is 0 Å². The average Bonchev–Trinajstić information content (AvgIpc) is 2.39. The predicted octanol–water partition coefficient (Wildman–Crippen LogP) is 3.83. The molecule has 0 spiro atoms. The molecule has 1 aromatic rings. The summed E-state index contributed by atoms with van der Waals surface area (Å²) < 4.78 is 24.3. The van der Waals surface area contributed by atoms with Gasteiger partial charge < -0.3 is 8.85 Å². The van der Waals surface area contributed by atoms with Crippen LogP contribution in [-0.4, -0.2) is 22.5 Å². The quantitative estimate of drug-likeness (QED) is 0.480. The molecular formula is C15H25FO2Si. The van der Waals surface area contributed by atoms with E-state index in [4.69, 9.17) is 8.85 Å². The van der Waals surface area contributed by atoms with Crippen molar-refractivity contribution in [3.8, 4) is 0 Å². The summed E-state index contributed by atoms with van der Waals surface area (Å²) >= 11 is 0. The second-order valence-electron chi connectivity index (χ2n) is 4.57. The minimum Gasteiger partial charge on any atom is -0.397 e. The normalized spacial score (nSPS) is 11.2. The molecule has 108 valence electrons. The molecule has 2 nitrogen and oxygen atoms in total. The van der Waals surface area contributed by atoms with Crippen molar-refractivity contribution in [1.29, 1.82) is 0 Å². The van der Waals surface area contributed by atoms with Gasteiger partial charge in [-0.3, -0.25) is 0 Å². The maximum Gasteiger partial charge on any atom is 0.321 e. The molecule has 0 atom stereocenters. The standard InChI is InChI=1S/C15H25FO2Si/c1-3-17-19(18-4-2)12-7-5-6-9-14-10-8-11-15(16)13-14/h8,10-11,13,19H,3-7,9,12H2,1-2H3. The zero-order chi connectivity index (χ0) is 13.9. The summed E-state index contributed by atoms with van der Waals surface area (Å²) in [4.78, 5) is 0. The van der Waals surface area contributed by atoms with Crippen LogP contribution in [0.1, 0.15) is 38.7 Å². The molecule has 0 radical (unpaired) electrons. The Morgan fingerprint density at radius 3 is 2.42 bits per heavy atom. The summed E-state index contributed by atoms with van der Waals surface area (Å²) in [6, 6.07) is 7.95. The van der Waals surface area contributed by atoms with Crippen molar-refractivity contribution in [2.75, 3.05) is 13.2 Å². The number of hydrogen-bond donors (Lipinski definition) is 0. The van der Waals surface area contributed by atoms with Crippen LogP contribution in [0.5, 0.6) is 0 Å². The van der Waals surface area contributed by atoms with Crippen LogP contribution in [0.15, 0.2) is 24.3 Å². The molecule has 0 N–H and O–H groups in total. The molecule has 0 heterocycles. The molecule has 19 heavy (non-hydrogen) atoms. The lowest BCUT2D eigenvalue weighted by Crippen LogP contribution is -2.22. The Balaban J connectivity index is 2.13. The van der Waals surface area contributed by atoms with Gasteiger partial charge in [-0.2, -0.15) is 0 Å². The second-order valence-corrected chi connectivity index (χ2v) is 6.67. The lowest BCUT2D eigenvalue weighted by Gasteiger charge is -2.14. The van der Waals surface area contributed by atoms with Crippen molar-refractivity contribution in [2.24, 2.45) is 0 Å². The Kier molecular flexibility index (Phi) is 8.70. The Labute approximate surface area is 117 Å². The molecule has 0 saturated carbocycles. The molecule has 0 aromatic heterocycles. The highest BCUT2D eigenvalue weighted by Crippen LogP contribution is 2.11. The molecule has 4 heteroatoms. The van der Waals surface area contributed by atoms with Gasteiger partial charge >= 0.3 is 9.28 Å². The minimum absolute atomic E-state index is 0.141. The van der Waals surface area contributed by atoms with Crippen molar-refractivity contribution >= 4 is 9.28 Å².